The molecular weight excluding hydrogens is 304 g/mol. The first kappa shape index (κ1) is 20.9. The van der Waals surface area contributed by atoms with Gasteiger partial charge in [-0.05, 0) is 79.1 Å². The molecule has 0 heterocycles. The van der Waals surface area contributed by atoms with Gasteiger partial charge >= 0.3 is 17.1 Å². The Labute approximate surface area is 141 Å². The number of amides is 1. The molecule has 0 aromatic carbocycles. The number of carbonyl (C=O) groups is 1. The van der Waals surface area contributed by atoms with E-state index in [1.54, 1.807) is 19.3 Å². The summed E-state index contributed by atoms with van der Waals surface area (Å²) in [4.78, 5) is 14.0. The number of rotatable bonds is 3. The minimum Gasteiger partial charge on any atom is -0.337 e. The van der Waals surface area contributed by atoms with Crippen LogP contribution >= 0.6 is 0 Å². The fraction of sp³-hybridized carbons (Fsp3) is 0.353. The average molecular weight is 328 g/mol. The van der Waals surface area contributed by atoms with Crippen molar-refractivity contribution in [3.63, 3.8) is 0 Å². The molecule has 3 nitrogen and oxygen atoms in total. The van der Waals surface area contributed by atoms with Gasteiger partial charge in [0.15, 0.2) is 0 Å². The Bertz CT molecular complexity index is 275. The van der Waals surface area contributed by atoms with Crippen LogP contribution in [0.1, 0.15) is 27.7 Å². The zero-order valence-electron chi connectivity index (χ0n) is 13.1. The van der Waals surface area contributed by atoms with Gasteiger partial charge in [-0.15, -0.1) is 0 Å². The monoisotopic (exact) mass is 328 g/mol. The molecule has 2 saturated carbocycles. The molecule has 0 bridgehead atoms. The summed E-state index contributed by atoms with van der Waals surface area (Å²) in [5.41, 5.74) is 5.73. The summed E-state index contributed by atoms with van der Waals surface area (Å²) in [7, 11) is 0. The first-order valence-electron chi connectivity index (χ1n) is 6.95. The summed E-state index contributed by atoms with van der Waals surface area (Å²) in [6.45, 7) is 8.04. The summed E-state index contributed by atoms with van der Waals surface area (Å²) in [6.07, 6.45) is 15.3. The van der Waals surface area contributed by atoms with Crippen molar-refractivity contribution in [1.29, 1.82) is 0 Å². The molecule has 0 aromatic rings. The second kappa shape index (κ2) is 10.6. The molecule has 0 unspecified atom stereocenters. The number of nitrogens with zero attached hydrogens (tertiary/aromatic N) is 1. The number of carbonyl (C=O) groups excluding carboxylic acids is 1. The molecule has 2 N–H and O–H groups in total. The molecule has 2 fully saturated rings. The Morgan fingerprint density at radius 3 is 1.62 bits per heavy atom. The van der Waals surface area contributed by atoms with Crippen molar-refractivity contribution in [2.75, 3.05) is 0 Å². The fourth-order valence-electron chi connectivity index (χ4n) is 2.15. The van der Waals surface area contributed by atoms with Crippen molar-refractivity contribution in [2.45, 2.75) is 39.8 Å². The van der Waals surface area contributed by atoms with Gasteiger partial charge in [-0.2, -0.15) is 0 Å². The van der Waals surface area contributed by atoms with E-state index in [0.29, 0.717) is 12.0 Å². The molecule has 114 valence electrons. The first-order valence-corrected chi connectivity index (χ1v) is 6.95. The Hall–Kier alpha value is -0.0505. The van der Waals surface area contributed by atoms with Crippen LogP contribution in [0.15, 0.2) is 0 Å². The fourth-order valence-corrected chi connectivity index (χ4v) is 2.15. The first-order chi connectivity index (χ1) is 9.45. The number of nitrogens with two attached hydrogens (primary N) is 1. The van der Waals surface area contributed by atoms with E-state index in [4.69, 9.17) is 5.73 Å². The molecule has 21 heavy (non-hydrogen) atoms. The van der Waals surface area contributed by atoms with Gasteiger partial charge in [-0.25, -0.2) is 0 Å². The van der Waals surface area contributed by atoms with Crippen LogP contribution in [0.5, 0.6) is 0 Å². The van der Waals surface area contributed by atoms with Crippen LogP contribution in [-0.4, -0.2) is 22.9 Å². The third-order valence-electron chi connectivity index (χ3n) is 2.98. The summed E-state index contributed by atoms with van der Waals surface area (Å²) >= 11 is 0. The van der Waals surface area contributed by atoms with E-state index in [1.165, 1.54) is 0 Å². The Morgan fingerprint density at radius 2 is 1.33 bits per heavy atom. The molecule has 10 radical (unpaired) electrons. The average Bonchev–Trinajstić information content (AvgIpc) is 3.00. The zero-order valence-corrected chi connectivity index (χ0v) is 14.2. The SMILES string of the molecule is CC(C)N(C(=O)[C]1[CH][CH][CH][C]1N)C(C)C.[CH]1[CH][CH][CH][CH]1.[Fe+2]. The van der Waals surface area contributed by atoms with Gasteiger partial charge in [0.25, 0.3) is 0 Å². The van der Waals surface area contributed by atoms with Crippen LogP contribution in [0.4, 0.5) is 0 Å². The second-order valence-electron chi connectivity index (χ2n) is 5.26. The summed E-state index contributed by atoms with van der Waals surface area (Å²) in [5.74, 6) is 0.625. The van der Waals surface area contributed by atoms with Crippen LogP contribution < -0.4 is 5.73 Å². The van der Waals surface area contributed by atoms with E-state index in [9.17, 15) is 4.79 Å². The molecule has 0 aromatic heterocycles. The molecule has 0 saturated heterocycles. The number of hydrogen-bond donors (Lipinski definition) is 1. The minimum absolute atomic E-state index is 0. The molecular formula is C17H24FeN2O+2. The van der Waals surface area contributed by atoms with Gasteiger partial charge in [-0.1, -0.05) is 0 Å². The van der Waals surface area contributed by atoms with Crippen molar-refractivity contribution in [3.8, 4) is 0 Å². The van der Waals surface area contributed by atoms with E-state index in [2.05, 4.69) is 0 Å². The van der Waals surface area contributed by atoms with E-state index < -0.39 is 0 Å². The predicted octanol–water partition coefficient (Wildman–Crippen LogP) is 2.34. The third-order valence-corrected chi connectivity index (χ3v) is 2.98. The molecule has 2 rings (SSSR count). The normalized spacial score (nSPS) is 19.4. The smallest absolute Gasteiger partial charge is 0.337 e. The molecule has 4 heteroatoms. The van der Waals surface area contributed by atoms with E-state index >= 15 is 0 Å². The van der Waals surface area contributed by atoms with E-state index in [0.717, 1.165) is 0 Å². The van der Waals surface area contributed by atoms with Gasteiger partial charge < -0.3 is 10.6 Å². The van der Waals surface area contributed by atoms with Crippen molar-refractivity contribution >= 4 is 5.91 Å². The molecule has 2 aliphatic carbocycles. The maximum atomic E-state index is 12.2. The summed E-state index contributed by atoms with van der Waals surface area (Å²) in [5, 5.41) is 0. The van der Waals surface area contributed by atoms with Gasteiger partial charge in [0.1, 0.15) is 0 Å². The van der Waals surface area contributed by atoms with Crippen molar-refractivity contribution in [2.24, 2.45) is 5.73 Å². The standard InChI is InChI=1S/C12H19N2O.C5H5.Fe/c1-8(2)14(9(3)4)12(15)10-6-5-7-11(10)13;1-2-4-5-3-1;/h5-9H,13H2,1-4H3;1-5H;/q;;+2. The van der Waals surface area contributed by atoms with Crippen molar-refractivity contribution in [3.05, 3.63) is 63.3 Å². The van der Waals surface area contributed by atoms with Crippen molar-refractivity contribution in [1.82, 2.24) is 4.90 Å². The van der Waals surface area contributed by atoms with Crippen LogP contribution in [0.2, 0.25) is 0 Å². The number of hydrogen-bond acceptors (Lipinski definition) is 2. The largest absolute Gasteiger partial charge is 2.00 e. The van der Waals surface area contributed by atoms with Crippen LogP contribution in [-0.2, 0) is 21.9 Å². The van der Waals surface area contributed by atoms with E-state index in [1.807, 2.05) is 64.7 Å². The molecule has 0 aliphatic heterocycles. The predicted molar refractivity (Wildman–Crippen MR) is 82.2 cm³/mol. The van der Waals surface area contributed by atoms with Gasteiger partial charge in [-0.3, -0.25) is 4.79 Å². The minimum atomic E-state index is 0. The zero-order chi connectivity index (χ0) is 15.1. The van der Waals surface area contributed by atoms with Gasteiger partial charge in [0.2, 0.25) is 5.91 Å². The van der Waals surface area contributed by atoms with Crippen molar-refractivity contribution < 1.29 is 21.9 Å². The summed E-state index contributed by atoms with van der Waals surface area (Å²) in [6, 6.07) is 0.935. The van der Waals surface area contributed by atoms with Crippen LogP contribution in [0, 0.1) is 63.3 Å². The summed E-state index contributed by atoms with van der Waals surface area (Å²) < 4.78 is 0. The topological polar surface area (TPSA) is 46.3 Å². The maximum Gasteiger partial charge on any atom is 2.00 e. The Balaban J connectivity index is 0.000000562. The molecule has 0 spiro atoms. The molecule has 2 aliphatic rings. The molecule has 0 atom stereocenters. The Kier molecular flexibility index (Phi) is 10.6. The quantitative estimate of drug-likeness (QED) is 0.809. The van der Waals surface area contributed by atoms with E-state index in [-0.39, 0.29) is 35.1 Å². The Morgan fingerprint density at radius 1 is 0.905 bits per heavy atom. The van der Waals surface area contributed by atoms with Crippen LogP contribution in [0.25, 0.3) is 0 Å². The van der Waals surface area contributed by atoms with Gasteiger partial charge in [0, 0.05) is 12.1 Å². The van der Waals surface area contributed by atoms with Gasteiger partial charge in [0.05, 0.1) is 12.0 Å². The second-order valence-corrected chi connectivity index (χ2v) is 5.26. The maximum absolute atomic E-state index is 12.2. The third kappa shape index (κ3) is 6.71. The van der Waals surface area contributed by atoms with Crippen LogP contribution in [0.3, 0.4) is 0 Å². The molecule has 1 amide bonds.